The zero-order valence-electron chi connectivity index (χ0n) is 10.3. The van der Waals surface area contributed by atoms with E-state index in [2.05, 4.69) is 14.9 Å². The molecule has 5 nitrogen and oxygen atoms in total. The summed E-state index contributed by atoms with van der Waals surface area (Å²) in [5.41, 5.74) is 8.40. The molecule has 0 saturated carbocycles. The first-order chi connectivity index (χ1) is 8.70. The number of nitrogens with two attached hydrogens (primary N) is 1. The van der Waals surface area contributed by atoms with Crippen LogP contribution in [0.5, 0.6) is 0 Å². The molecule has 0 aliphatic carbocycles. The van der Waals surface area contributed by atoms with Gasteiger partial charge in [0.25, 0.3) is 0 Å². The molecule has 96 valence electrons. The molecule has 1 saturated heterocycles. The van der Waals surface area contributed by atoms with Gasteiger partial charge in [0.15, 0.2) is 0 Å². The van der Waals surface area contributed by atoms with Gasteiger partial charge in [-0.2, -0.15) is 0 Å². The first-order valence-corrected chi connectivity index (χ1v) is 6.35. The van der Waals surface area contributed by atoms with Crippen LogP contribution < -0.4 is 5.73 Å². The second kappa shape index (κ2) is 4.59. The van der Waals surface area contributed by atoms with E-state index in [1.807, 2.05) is 18.2 Å². The van der Waals surface area contributed by atoms with E-state index in [9.17, 15) is 5.11 Å². The van der Waals surface area contributed by atoms with E-state index in [0.29, 0.717) is 0 Å². The lowest BCUT2D eigenvalue weighted by molar-refractivity contribution is 0.0657. The van der Waals surface area contributed by atoms with Crippen molar-refractivity contribution in [2.24, 2.45) is 0 Å². The van der Waals surface area contributed by atoms with Crippen molar-refractivity contribution in [3.8, 4) is 0 Å². The smallest absolute Gasteiger partial charge is 0.121 e. The summed E-state index contributed by atoms with van der Waals surface area (Å²) in [5, 5.41) is 9.64. The average molecular weight is 246 g/mol. The highest BCUT2D eigenvalue weighted by Crippen LogP contribution is 2.17. The molecule has 0 bridgehead atoms. The van der Waals surface area contributed by atoms with Crippen molar-refractivity contribution in [2.45, 2.75) is 25.5 Å². The van der Waals surface area contributed by atoms with Crippen molar-refractivity contribution >= 4 is 16.7 Å². The molecule has 0 spiro atoms. The summed E-state index contributed by atoms with van der Waals surface area (Å²) in [7, 11) is 0. The fourth-order valence-electron chi connectivity index (χ4n) is 2.54. The van der Waals surface area contributed by atoms with Crippen LogP contribution in [0, 0.1) is 0 Å². The second-order valence-electron chi connectivity index (χ2n) is 4.99. The number of piperidine rings is 1. The van der Waals surface area contributed by atoms with E-state index >= 15 is 0 Å². The van der Waals surface area contributed by atoms with Gasteiger partial charge in [-0.25, -0.2) is 4.98 Å². The number of aliphatic hydroxyl groups is 1. The molecule has 2 aromatic rings. The summed E-state index contributed by atoms with van der Waals surface area (Å²) < 4.78 is 0. The summed E-state index contributed by atoms with van der Waals surface area (Å²) in [4.78, 5) is 10.1. The number of β-amino-alcohol motifs (C(OH)–C–C–N with tert-alkyl or cyclic N) is 1. The summed E-state index contributed by atoms with van der Waals surface area (Å²) in [5.74, 6) is 0.935. The molecule has 1 aromatic heterocycles. The fourth-order valence-corrected chi connectivity index (χ4v) is 2.54. The topological polar surface area (TPSA) is 78.2 Å². The van der Waals surface area contributed by atoms with Gasteiger partial charge in [-0.3, -0.25) is 4.90 Å². The number of anilines is 1. The van der Waals surface area contributed by atoms with Gasteiger partial charge in [0.05, 0.1) is 23.7 Å². The summed E-state index contributed by atoms with van der Waals surface area (Å²) in [6.07, 6.45) is 1.76. The van der Waals surface area contributed by atoms with Crippen LogP contribution in [-0.4, -0.2) is 39.2 Å². The molecule has 0 radical (unpaired) electrons. The molecule has 2 heterocycles. The molecule has 5 heteroatoms. The highest BCUT2D eigenvalue weighted by molar-refractivity contribution is 5.78. The zero-order valence-corrected chi connectivity index (χ0v) is 10.3. The Labute approximate surface area is 106 Å². The normalized spacial score (nSPS) is 21.5. The van der Waals surface area contributed by atoms with E-state index in [-0.39, 0.29) is 6.10 Å². The first kappa shape index (κ1) is 11.5. The minimum Gasteiger partial charge on any atom is -0.399 e. The molecule has 1 aromatic carbocycles. The highest BCUT2D eigenvalue weighted by atomic mass is 16.3. The molecule has 1 atom stereocenters. The SMILES string of the molecule is Nc1ccc2nc(CN3CCCC(O)C3)[nH]c2c1. The number of nitrogens with zero attached hydrogens (tertiary/aromatic N) is 2. The molecule has 18 heavy (non-hydrogen) atoms. The number of nitrogen functional groups attached to an aromatic ring is 1. The number of fused-ring (bicyclic) bond motifs is 1. The Morgan fingerprint density at radius 1 is 1.50 bits per heavy atom. The Morgan fingerprint density at radius 2 is 2.39 bits per heavy atom. The van der Waals surface area contributed by atoms with E-state index in [1.54, 1.807) is 0 Å². The van der Waals surface area contributed by atoms with E-state index in [0.717, 1.165) is 55.0 Å². The maximum atomic E-state index is 9.64. The van der Waals surface area contributed by atoms with Crippen LogP contribution in [0.15, 0.2) is 18.2 Å². The molecule has 4 N–H and O–H groups in total. The third kappa shape index (κ3) is 2.32. The van der Waals surface area contributed by atoms with E-state index in [1.165, 1.54) is 0 Å². The number of nitrogens with one attached hydrogen (secondary N) is 1. The second-order valence-corrected chi connectivity index (χ2v) is 4.99. The molecule has 1 unspecified atom stereocenters. The Kier molecular flexibility index (Phi) is 2.93. The van der Waals surface area contributed by atoms with Crippen LogP contribution in [0.1, 0.15) is 18.7 Å². The van der Waals surface area contributed by atoms with Gasteiger partial charge >= 0.3 is 0 Å². The monoisotopic (exact) mass is 246 g/mol. The summed E-state index contributed by atoms with van der Waals surface area (Å²) in [6, 6.07) is 5.68. The maximum absolute atomic E-state index is 9.64. The van der Waals surface area contributed by atoms with Crippen molar-refractivity contribution in [1.29, 1.82) is 0 Å². The third-order valence-corrected chi connectivity index (χ3v) is 3.41. The van der Waals surface area contributed by atoms with Crippen LogP contribution in [0.2, 0.25) is 0 Å². The molecule has 0 amide bonds. The number of aromatic nitrogens is 2. The third-order valence-electron chi connectivity index (χ3n) is 3.41. The number of likely N-dealkylation sites (tertiary alicyclic amines) is 1. The predicted octanol–water partition coefficient (Wildman–Crippen LogP) is 1.10. The Hall–Kier alpha value is -1.59. The molecule has 3 rings (SSSR count). The molecular weight excluding hydrogens is 228 g/mol. The maximum Gasteiger partial charge on any atom is 0.121 e. The van der Waals surface area contributed by atoms with Gasteiger partial charge in [-0.05, 0) is 37.6 Å². The summed E-state index contributed by atoms with van der Waals surface area (Å²) >= 11 is 0. The number of aromatic amines is 1. The van der Waals surface area contributed by atoms with Crippen molar-refractivity contribution in [3.63, 3.8) is 0 Å². The summed E-state index contributed by atoms with van der Waals surface area (Å²) in [6.45, 7) is 2.51. The zero-order chi connectivity index (χ0) is 12.5. The number of imidazole rings is 1. The average Bonchev–Trinajstić information content (AvgIpc) is 2.70. The largest absolute Gasteiger partial charge is 0.399 e. The number of aliphatic hydroxyl groups excluding tert-OH is 1. The van der Waals surface area contributed by atoms with Gasteiger partial charge in [-0.15, -0.1) is 0 Å². The van der Waals surface area contributed by atoms with Crippen LogP contribution in [0.25, 0.3) is 11.0 Å². The lowest BCUT2D eigenvalue weighted by Gasteiger charge is -2.29. The minimum absolute atomic E-state index is 0.196. The minimum atomic E-state index is -0.196. The van der Waals surface area contributed by atoms with Crippen LogP contribution in [-0.2, 0) is 6.54 Å². The fraction of sp³-hybridized carbons (Fsp3) is 0.462. The van der Waals surface area contributed by atoms with Gasteiger partial charge in [0.1, 0.15) is 5.82 Å². The Bertz CT molecular complexity index is 551. The van der Waals surface area contributed by atoms with Crippen molar-refractivity contribution in [2.75, 3.05) is 18.8 Å². The Balaban J connectivity index is 1.78. The van der Waals surface area contributed by atoms with Gasteiger partial charge in [0, 0.05) is 12.2 Å². The predicted molar refractivity (Wildman–Crippen MR) is 71.0 cm³/mol. The van der Waals surface area contributed by atoms with Gasteiger partial charge in [-0.1, -0.05) is 0 Å². The molecular formula is C13H18N4O. The number of hydrogen-bond acceptors (Lipinski definition) is 4. The lowest BCUT2D eigenvalue weighted by atomic mass is 10.1. The van der Waals surface area contributed by atoms with Crippen LogP contribution in [0.3, 0.4) is 0 Å². The molecule has 1 aliphatic rings. The van der Waals surface area contributed by atoms with Gasteiger partial charge in [0.2, 0.25) is 0 Å². The highest BCUT2D eigenvalue weighted by Gasteiger charge is 2.18. The van der Waals surface area contributed by atoms with Crippen molar-refractivity contribution in [3.05, 3.63) is 24.0 Å². The quantitative estimate of drug-likeness (QED) is 0.693. The van der Waals surface area contributed by atoms with E-state index in [4.69, 9.17) is 5.73 Å². The van der Waals surface area contributed by atoms with Crippen LogP contribution >= 0.6 is 0 Å². The number of H-pyrrole nitrogens is 1. The molecule has 1 aliphatic heterocycles. The lowest BCUT2D eigenvalue weighted by Crippen LogP contribution is -2.37. The first-order valence-electron chi connectivity index (χ1n) is 6.35. The van der Waals surface area contributed by atoms with Crippen molar-refractivity contribution in [1.82, 2.24) is 14.9 Å². The van der Waals surface area contributed by atoms with Gasteiger partial charge < -0.3 is 15.8 Å². The number of rotatable bonds is 2. The number of benzene rings is 1. The van der Waals surface area contributed by atoms with Crippen molar-refractivity contribution < 1.29 is 5.11 Å². The molecule has 1 fully saturated rings. The standard InChI is InChI=1S/C13H18N4O/c14-9-3-4-11-12(6-9)16-13(15-11)8-17-5-1-2-10(18)7-17/h3-4,6,10,18H,1-2,5,7-8,14H2,(H,15,16). The van der Waals surface area contributed by atoms with E-state index < -0.39 is 0 Å². The van der Waals surface area contributed by atoms with Crippen LogP contribution in [0.4, 0.5) is 5.69 Å². The number of hydrogen-bond donors (Lipinski definition) is 3. The Morgan fingerprint density at radius 3 is 3.22 bits per heavy atom.